The second kappa shape index (κ2) is 3.93. The molecule has 0 atom stereocenters. The van der Waals surface area contributed by atoms with Gasteiger partial charge in [0.05, 0.1) is 6.20 Å². The maximum Gasteiger partial charge on any atom is 0.326 e. The molecule has 58 valence electrons. The molecule has 4 heteroatoms. The van der Waals surface area contributed by atoms with Gasteiger partial charge in [-0.05, 0) is 12.1 Å². The number of hydrogen-bond acceptors (Lipinski definition) is 3. The third-order valence-corrected chi connectivity index (χ3v) is 1.19. The minimum atomic E-state index is -0.473. The second-order valence-corrected chi connectivity index (χ2v) is 2.06. The molecule has 0 spiro atoms. The van der Waals surface area contributed by atoms with E-state index in [0.29, 0.717) is 5.75 Å². The molecular weight excluding hydrogens is 166 g/mol. The Labute approximate surface area is 69.0 Å². The first kappa shape index (κ1) is 8.01. The number of alkyl halides is 1. The Morgan fingerprint density at radius 1 is 1.73 bits per heavy atom. The van der Waals surface area contributed by atoms with Crippen molar-refractivity contribution in [3.05, 3.63) is 24.5 Å². The largest absolute Gasteiger partial charge is 0.424 e. The Morgan fingerprint density at radius 2 is 2.55 bits per heavy atom. The van der Waals surface area contributed by atoms with Crippen LogP contribution < -0.4 is 4.74 Å². The summed E-state index contributed by atoms with van der Waals surface area (Å²) in [6, 6.07) is 3.31. The van der Waals surface area contributed by atoms with Gasteiger partial charge in [-0.2, -0.15) is 0 Å². The number of carbonyl (C=O) groups is 1. The summed E-state index contributed by atoms with van der Waals surface area (Å²) in [6.07, 6.45) is 3.04. The molecule has 0 unspecified atom stereocenters. The van der Waals surface area contributed by atoms with Crippen LogP contribution >= 0.6 is 11.6 Å². The molecule has 1 heterocycles. The molecule has 0 N–H and O–H groups in total. The van der Waals surface area contributed by atoms with Gasteiger partial charge in [0.1, 0.15) is 11.6 Å². The van der Waals surface area contributed by atoms with E-state index in [1.165, 1.54) is 6.20 Å². The Morgan fingerprint density at radius 3 is 3.09 bits per heavy atom. The van der Waals surface area contributed by atoms with Crippen LogP contribution in [-0.4, -0.2) is 16.8 Å². The van der Waals surface area contributed by atoms with Gasteiger partial charge in [0.2, 0.25) is 0 Å². The van der Waals surface area contributed by atoms with Crippen LogP contribution in [0.15, 0.2) is 24.5 Å². The summed E-state index contributed by atoms with van der Waals surface area (Å²) in [5, 5.41) is 0. The van der Waals surface area contributed by atoms with Crippen molar-refractivity contribution in [2.45, 2.75) is 0 Å². The summed E-state index contributed by atoms with van der Waals surface area (Å²) in [6.45, 7) is 0. The zero-order valence-corrected chi connectivity index (χ0v) is 6.41. The molecule has 0 radical (unpaired) electrons. The van der Waals surface area contributed by atoms with Gasteiger partial charge in [0.25, 0.3) is 0 Å². The summed E-state index contributed by atoms with van der Waals surface area (Å²) in [5.41, 5.74) is 0. The lowest BCUT2D eigenvalue weighted by atomic mass is 10.5. The predicted molar refractivity (Wildman–Crippen MR) is 40.6 cm³/mol. The third kappa shape index (κ3) is 2.55. The van der Waals surface area contributed by atoms with Crippen molar-refractivity contribution in [2.75, 3.05) is 5.88 Å². The fraction of sp³-hybridized carbons (Fsp3) is 0.143. The smallest absolute Gasteiger partial charge is 0.326 e. The van der Waals surface area contributed by atoms with E-state index in [1.54, 1.807) is 18.3 Å². The number of carbonyl (C=O) groups excluding carboxylic acids is 1. The van der Waals surface area contributed by atoms with E-state index in [9.17, 15) is 4.79 Å². The summed E-state index contributed by atoms with van der Waals surface area (Å²) >= 11 is 5.21. The van der Waals surface area contributed by atoms with E-state index < -0.39 is 5.97 Å². The average molecular weight is 172 g/mol. The molecule has 0 aliphatic heterocycles. The highest BCUT2D eigenvalue weighted by molar-refractivity contribution is 6.26. The predicted octanol–water partition coefficient (Wildman–Crippen LogP) is 1.23. The van der Waals surface area contributed by atoms with Crippen LogP contribution in [0.5, 0.6) is 5.75 Å². The van der Waals surface area contributed by atoms with Gasteiger partial charge in [0.15, 0.2) is 0 Å². The van der Waals surface area contributed by atoms with E-state index in [1.807, 2.05) is 0 Å². The highest BCUT2D eigenvalue weighted by Gasteiger charge is 2.00. The van der Waals surface area contributed by atoms with Crippen LogP contribution in [0.25, 0.3) is 0 Å². The quantitative estimate of drug-likeness (QED) is 0.496. The molecule has 0 fully saturated rings. The van der Waals surface area contributed by atoms with E-state index >= 15 is 0 Å². The Balaban J connectivity index is 2.58. The number of nitrogens with zero attached hydrogens (tertiary/aromatic N) is 1. The normalized spacial score (nSPS) is 9.18. The lowest BCUT2D eigenvalue weighted by Gasteiger charge is -1.98. The number of pyridine rings is 1. The zero-order valence-electron chi connectivity index (χ0n) is 5.66. The van der Waals surface area contributed by atoms with Gasteiger partial charge >= 0.3 is 5.97 Å². The molecule has 0 saturated heterocycles. The maximum absolute atomic E-state index is 10.6. The van der Waals surface area contributed by atoms with Crippen molar-refractivity contribution in [1.82, 2.24) is 4.98 Å². The molecule has 1 aromatic heterocycles. The minimum absolute atomic E-state index is 0.144. The maximum atomic E-state index is 10.6. The highest BCUT2D eigenvalue weighted by Crippen LogP contribution is 2.06. The number of halogens is 1. The number of hydrogen-bond donors (Lipinski definition) is 0. The van der Waals surface area contributed by atoms with Crippen LogP contribution in [-0.2, 0) is 4.79 Å². The molecule has 0 bridgehead atoms. The summed E-state index contributed by atoms with van der Waals surface area (Å²) in [5.74, 6) is -0.202. The van der Waals surface area contributed by atoms with Gasteiger partial charge in [-0.15, -0.1) is 11.6 Å². The van der Waals surface area contributed by atoms with Crippen LogP contribution in [0.3, 0.4) is 0 Å². The SMILES string of the molecule is O=C(CCl)Oc1cccnc1. The molecule has 11 heavy (non-hydrogen) atoms. The van der Waals surface area contributed by atoms with E-state index in [4.69, 9.17) is 16.3 Å². The standard InChI is InChI=1S/C7H6ClNO2/c8-4-7(10)11-6-2-1-3-9-5-6/h1-3,5H,4H2. The van der Waals surface area contributed by atoms with Gasteiger partial charge in [0, 0.05) is 6.20 Å². The highest BCUT2D eigenvalue weighted by atomic mass is 35.5. The summed E-state index contributed by atoms with van der Waals surface area (Å²) in [4.78, 5) is 14.4. The van der Waals surface area contributed by atoms with Crippen molar-refractivity contribution >= 4 is 17.6 Å². The molecule has 1 aromatic rings. The lowest BCUT2D eigenvalue weighted by molar-refractivity contribution is -0.131. The zero-order chi connectivity index (χ0) is 8.10. The third-order valence-electron chi connectivity index (χ3n) is 0.975. The van der Waals surface area contributed by atoms with Crippen LogP contribution in [0, 0.1) is 0 Å². The fourth-order valence-corrected chi connectivity index (χ4v) is 0.621. The second-order valence-electron chi connectivity index (χ2n) is 1.80. The summed E-state index contributed by atoms with van der Waals surface area (Å²) in [7, 11) is 0. The van der Waals surface area contributed by atoms with Crippen LogP contribution in [0.2, 0.25) is 0 Å². The molecule has 0 aliphatic carbocycles. The van der Waals surface area contributed by atoms with Crippen molar-refractivity contribution in [3.63, 3.8) is 0 Å². The van der Waals surface area contributed by atoms with E-state index in [0.717, 1.165) is 0 Å². The van der Waals surface area contributed by atoms with Crippen molar-refractivity contribution in [3.8, 4) is 5.75 Å². The topological polar surface area (TPSA) is 39.2 Å². The molecule has 3 nitrogen and oxygen atoms in total. The Hall–Kier alpha value is -1.09. The van der Waals surface area contributed by atoms with E-state index in [-0.39, 0.29) is 5.88 Å². The number of ether oxygens (including phenoxy) is 1. The number of aromatic nitrogens is 1. The van der Waals surface area contributed by atoms with Crippen LogP contribution in [0.1, 0.15) is 0 Å². The van der Waals surface area contributed by atoms with Gasteiger partial charge in [-0.25, -0.2) is 0 Å². The molecule has 0 saturated carbocycles. The van der Waals surface area contributed by atoms with Gasteiger partial charge in [-0.3, -0.25) is 9.78 Å². The average Bonchev–Trinajstić information content (AvgIpc) is 2.06. The van der Waals surface area contributed by atoms with Crippen LogP contribution in [0.4, 0.5) is 0 Å². The first-order valence-electron chi connectivity index (χ1n) is 2.99. The van der Waals surface area contributed by atoms with Crippen molar-refractivity contribution < 1.29 is 9.53 Å². The Bertz CT molecular complexity index is 237. The molecular formula is C7H6ClNO2. The van der Waals surface area contributed by atoms with Crippen molar-refractivity contribution in [1.29, 1.82) is 0 Å². The number of esters is 1. The van der Waals surface area contributed by atoms with Gasteiger partial charge < -0.3 is 4.74 Å². The van der Waals surface area contributed by atoms with E-state index in [2.05, 4.69) is 4.98 Å². The monoisotopic (exact) mass is 171 g/mol. The fourth-order valence-electron chi connectivity index (χ4n) is 0.566. The molecule has 0 aromatic carbocycles. The molecule has 0 aliphatic rings. The minimum Gasteiger partial charge on any atom is -0.424 e. The first-order valence-corrected chi connectivity index (χ1v) is 3.53. The number of rotatable bonds is 2. The van der Waals surface area contributed by atoms with Gasteiger partial charge in [-0.1, -0.05) is 0 Å². The van der Waals surface area contributed by atoms with Crippen molar-refractivity contribution in [2.24, 2.45) is 0 Å². The first-order chi connectivity index (χ1) is 5.33. The lowest BCUT2D eigenvalue weighted by Crippen LogP contribution is -2.08. The molecule has 0 amide bonds. The Kier molecular flexibility index (Phi) is 2.86. The molecule has 1 rings (SSSR count). The summed E-state index contributed by atoms with van der Waals surface area (Å²) < 4.78 is 4.73.